The van der Waals surface area contributed by atoms with Gasteiger partial charge in [-0.1, -0.05) is 30.3 Å². The molecule has 1 aliphatic rings. The van der Waals surface area contributed by atoms with Gasteiger partial charge < -0.3 is 4.74 Å². The molecule has 0 saturated carbocycles. The van der Waals surface area contributed by atoms with Crippen molar-refractivity contribution in [2.45, 2.75) is 6.18 Å². The number of cyclic esters (lactones) is 1. The van der Waals surface area contributed by atoms with Crippen molar-refractivity contribution in [2.24, 2.45) is 0 Å². The van der Waals surface area contributed by atoms with Gasteiger partial charge in [0.1, 0.15) is 0 Å². The molecule has 0 saturated heterocycles. The SMILES string of the molecule is O=C1O[C](c2ccccc2)c2cc(C(F)(F)F)ccc21. The Kier molecular flexibility index (Phi) is 2.78. The highest BCUT2D eigenvalue weighted by Crippen LogP contribution is 2.38. The zero-order chi connectivity index (χ0) is 14.3. The minimum Gasteiger partial charge on any atom is -0.440 e. The second-order valence-electron chi connectivity index (χ2n) is 4.34. The van der Waals surface area contributed by atoms with Crippen LogP contribution in [0.4, 0.5) is 13.2 Å². The number of carbonyl (C=O) groups excluding carboxylic acids is 1. The van der Waals surface area contributed by atoms with E-state index in [4.69, 9.17) is 4.74 Å². The van der Waals surface area contributed by atoms with Crippen LogP contribution in [0.3, 0.4) is 0 Å². The van der Waals surface area contributed by atoms with Gasteiger partial charge in [0.2, 0.25) is 6.10 Å². The van der Waals surface area contributed by atoms with Gasteiger partial charge in [-0.25, -0.2) is 4.79 Å². The Morgan fingerprint density at radius 3 is 2.25 bits per heavy atom. The normalized spacial score (nSPS) is 15.1. The second-order valence-corrected chi connectivity index (χ2v) is 4.34. The van der Waals surface area contributed by atoms with Crippen molar-refractivity contribution in [3.63, 3.8) is 0 Å². The Morgan fingerprint density at radius 1 is 0.900 bits per heavy atom. The summed E-state index contributed by atoms with van der Waals surface area (Å²) in [7, 11) is 0. The lowest BCUT2D eigenvalue weighted by Crippen LogP contribution is -2.07. The number of carbonyl (C=O) groups is 1. The lowest BCUT2D eigenvalue weighted by molar-refractivity contribution is -0.137. The van der Waals surface area contributed by atoms with Gasteiger partial charge in [0.25, 0.3) is 0 Å². The topological polar surface area (TPSA) is 26.3 Å². The van der Waals surface area contributed by atoms with E-state index in [1.54, 1.807) is 30.3 Å². The van der Waals surface area contributed by atoms with Crippen molar-refractivity contribution < 1.29 is 22.7 Å². The fourth-order valence-corrected chi connectivity index (χ4v) is 2.09. The molecule has 0 unspecified atom stereocenters. The Labute approximate surface area is 112 Å². The molecule has 5 heteroatoms. The predicted octanol–water partition coefficient (Wildman–Crippen LogP) is 3.80. The highest BCUT2D eigenvalue weighted by Gasteiger charge is 2.38. The molecule has 101 valence electrons. The highest BCUT2D eigenvalue weighted by molar-refractivity contribution is 5.97. The van der Waals surface area contributed by atoms with Crippen LogP contribution >= 0.6 is 0 Å². The Morgan fingerprint density at radius 2 is 1.60 bits per heavy atom. The average Bonchev–Trinajstić information content (AvgIpc) is 2.76. The molecule has 0 aromatic heterocycles. The van der Waals surface area contributed by atoms with Crippen molar-refractivity contribution in [3.05, 3.63) is 76.9 Å². The van der Waals surface area contributed by atoms with E-state index in [0.717, 1.165) is 18.2 Å². The van der Waals surface area contributed by atoms with Crippen LogP contribution in [0.1, 0.15) is 27.0 Å². The third kappa shape index (κ3) is 2.05. The average molecular weight is 277 g/mol. The van der Waals surface area contributed by atoms with Crippen molar-refractivity contribution >= 4 is 5.97 Å². The summed E-state index contributed by atoms with van der Waals surface area (Å²) in [6, 6.07) is 11.6. The first-order valence-corrected chi connectivity index (χ1v) is 5.83. The van der Waals surface area contributed by atoms with Crippen LogP contribution in [0.15, 0.2) is 48.5 Å². The van der Waals surface area contributed by atoms with E-state index in [1.165, 1.54) is 0 Å². The third-order valence-electron chi connectivity index (χ3n) is 3.04. The number of fused-ring (bicyclic) bond motifs is 1. The Bertz CT molecular complexity index is 663. The molecule has 2 aromatic rings. The van der Waals surface area contributed by atoms with E-state index in [2.05, 4.69) is 0 Å². The van der Waals surface area contributed by atoms with Gasteiger partial charge >= 0.3 is 12.1 Å². The van der Waals surface area contributed by atoms with Gasteiger partial charge in [-0.2, -0.15) is 13.2 Å². The van der Waals surface area contributed by atoms with Crippen molar-refractivity contribution in [2.75, 3.05) is 0 Å². The number of ether oxygens (including phenoxy) is 1. The van der Waals surface area contributed by atoms with Gasteiger partial charge in [-0.3, -0.25) is 0 Å². The van der Waals surface area contributed by atoms with E-state index in [0.29, 0.717) is 5.56 Å². The molecule has 0 bridgehead atoms. The summed E-state index contributed by atoms with van der Waals surface area (Å²) in [4.78, 5) is 11.7. The first-order chi connectivity index (χ1) is 9.47. The minimum atomic E-state index is -4.46. The van der Waals surface area contributed by atoms with Gasteiger partial charge in [0.15, 0.2) is 0 Å². The maximum absolute atomic E-state index is 12.7. The van der Waals surface area contributed by atoms with E-state index in [9.17, 15) is 18.0 Å². The highest BCUT2D eigenvalue weighted by atomic mass is 19.4. The number of alkyl halides is 3. The number of hydrogen-bond acceptors (Lipinski definition) is 2. The monoisotopic (exact) mass is 277 g/mol. The van der Waals surface area contributed by atoms with E-state index in [1.807, 2.05) is 0 Å². The second kappa shape index (κ2) is 4.37. The molecular weight excluding hydrogens is 269 g/mol. The molecule has 3 rings (SSSR count). The molecule has 0 fully saturated rings. The molecule has 0 aliphatic carbocycles. The maximum Gasteiger partial charge on any atom is 0.416 e. The molecule has 2 nitrogen and oxygen atoms in total. The fraction of sp³-hybridized carbons (Fsp3) is 0.0667. The van der Waals surface area contributed by atoms with E-state index >= 15 is 0 Å². The molecule has 1 heterocycles. The quantitative estimate of drug-likeness (QED) is 0.741. The smallest absolute Gasteiger partial charge is 0.416 e. The van der Waals surface area contributed by atoms with Crippen molar-refractivity contribution in [3.8, 4) is 0 Å². The van der Waals surface area contributed by atoms with E-state index in [-0.39, 0.29) is 17.2 Å². The van der Waals surface area contributed by atoms with Crippen LogP contribution in [0.2, 0.25) is 0 Å². The first-order valence-electron chi connectivity index (χ1n) is 5.83. The van der Waals surface area contributed by atoms with Gasteiger partial charge in [0.05, 0.1) is 11.1 Å². The summed E-state index contributed by atoms with van der Waals surface area (Å²) in [5, 5.41) is 0. The van der Waals surface area contributed by atoms with Crippen LogP contribution in [-0.2, 0) is 10.9 Å². The summed E-state index contributed by atoms with van der Waals surface area (Å²) in [6.45, 7) is 0. The lowest BCUT2D eigenvalue weighted by Gasteiger charge is -2.11. The van der Waals surface area contributed by atoms with Crippen LogP contribution in [-0.4, -0.2) is 5.97 Å². The minimum absolute atomic E-state index is 0.150. The molecule has 2 aromatic carbocycles. The molecule has 0 spiro atoms. The van der Waals surface area contributed by atoms with Crippen LogP contribution in [0, 0.1) is 6.10 Å². The van der Waals surface area contributed by atoms with E-state index < -0.39 is 17.7 Å². The standard InChI is InChI=1S/C15H8F3O2/c16-15(17,18)10-6-7-11-12(8-10)13(20-14(11)19)9-4-2-1-3-5-9/h1-8H. The predicted molar refractivity (Wildman–Crippen MR) is 64.7 cm³/mol. The molecule has 1 radical (unpaired) electrons. The van der Waals surface area contributed by atoms with Crippen molar-refractivity contribution in [1.29, 1.82) is 0 Å². The summed E-state index contributed by atoms with van der Waals surface area (Å²) in [5.74, 6) is -0.632. The zero-order valence-electron chi connectivity index (χ0n) is 10.1. The molecule has 0 atom stereocenters. The van der Waals surface area contributed by atoms with Crippen molar-refractivity contribution in [1.82, 2.24) is 0 Å². The van der Waals surface area contributed by atoms with Gasteiger partial charge in [0, 0.05) is 11.1 Å². The van der Waals surface area contributed by atoms with Crippen LogP contribution < -0.4 is 0 Å². The number of benzene rings is 2. The first kappa shape index (κ1) is 12.7. The number of hydrogen-bond donors (Lipinski definition) is 0. The van der Waals surface area contributed by atoms with Crippen LogP contribution in [0.25, 0.3) is 0 Å². The van der Waals surface area contributed by atoms with Crippen LogP contribution in [0.5, 0.6) is 0 Å². The van der Waals surface area contributed by atoms with Gasteiger partial charge in [-0.15, -0.1) is 0 Å². The zero-order valence-corrected chi connectivity index (χ0v) is 10.1. The summed E-state index contributed by atoms with van der Waals surface area (Å²) < 4.78 is 43.3. The molecule has 1 aliphatic heterocycles. The fourth-order valence-electron chi connectivity index (χ4n) is 2.09. The Balaban J connectivity index is 2.11. The molecule has 20 heavy (non-hydrogen) atoms. The number of rotatable bonds is 1. The summed E-state index contributed by atoms with van der Waals surface area (Å²) in [5.41, 5.74) is 0.0924. The largest absolute Gasteiger partial charge is 0.440 e. The Hall–Kier alpha value is -2.30. The molecule has 0 N–H and O–H groups in total. The molecule has 0 amide bonds. The lowest BCUT2D eigenvalue weighted by atomic mass is 9.97. The van der Waals surface area contributed by atoms with Gasteiger partial charge in [-0.05, 0) is 18.2 Å². The summed E-state index contributed by atoms with van der Waals surface area (Å²) in [6.07, 6.45) is -4.29. The molecular formula is C15H8F3O2. The number of esters is 1. The third-order valence-corrected chi connectivity index (χ3v) is 3.04. The number of halogens is 3. The summed E-state index contributed by atoms with van der Waals surface area (Å²) >= 11 is 0. The maximum atomic E-state index is 12.7.